The van der Waals surface area contributed by atoms with E-state index in [1.807, 2.05) is 0 Å². The summed E-state index contributed by atoms with van der Waals surface area (Å²) in [6.45, 7) is 2.05. The third kappa shape index (κ3) is 2.61. The van der Waals surface area contributed by atoms with Crippen LogP contribution in [0.25, 0.3) is 0 Å². The monoisotopic (exact) mass is 234 g/mol. The van der Waals surface area contributed by atoms with Gasteiger partial charge in [0.2, 0.25) is 0 Å². The van der Waals surface area contributed by atoms with Crippen LogP contribution >= 0.6 is 11.6 Å². The molecule has 0 saturated heterocycles. The van der Waals surface area contributed by atoms with E-state index in [4.69, 9.17) is 11.6 Å². The highest BCUT2D eigenvalue weighted by atomic mass is 35.5. The van der Waals surface area contributed by atoms with E-state index in [2.05, 4.69) is 31.2 Å². The molecule has 0 aliphatic heterocycles. The molecule has 0 radical (unpaired) electrons. The molecule has 0 spiro atoms. The molecule has 0 aromatic heterocycles. The fraction of sp³-hybridized carbons (Fsp3) is 0.143. The first kappa shape index (κ1) is 11.2. The second kappa shape index (κ2) is 4.67. The summed E-state index contributed by atoms with van der Waals surface area (Å²) in [5.74, 6) is -0.366. The van der Waals surface area contributed by atoms with Gasteiger partial charge in [-0.3, -0.25) is 0 Å². The Balaban J connectivity index is 2.20. The maximum atomic E-state index is 13.0. The van der Waals surface area contributed by atoms with E-state index in [9.17, 15) is 4.39 Å². The van der Waals surface area contributed by atoms with E-state index in [-0.39, 0.29) is 10.8 Å². The predicted octanol–water partition coefficient (Wildman–Crippen LogP) is 4.38. The van der Waals surface area contributed by atoms with Gasteiger partial charge in [0, 0.05) is 0 Å². The van der Waals surface area contributed by atoms with Crippen molar-refractivity contribution in [2.45, 2.75) is 13.3 Å². The minimum Gasteiger partial charge on any atom is -0.205 e. The Kier molecular flexibility index (Phi) is 3.25. The lowest BCUT2D eigenvalue weighted by atomic mass is 10.0. The molecule has 0 aliphatic rings. The zero-order chi connectivity index (χ0) is 11.5. The third-order valence-electron chi connectivity index (χ3n) is 2.51. The molecule has 2 aromatic rings. The molecule has 16 heavy (non-hydrogen) atoms. The minimum atomic E-state index is -0.366. The summed E-state index contributed by atoms with van der Waals surface area (Å²) in [7, 11) is 0. The van der Waals surface area contributed by atoms with Crippen LogP contribution in [-0.4, -0.2) is 0 Å². The van der Waals surface area contributed by atoms with Crippen LogP contribution in [0.1, 0.15) is 16.7 Å². The number of benzene rings is 2. The molecule has 0 unspecified atom stereocenters. The summed E-state index contributed by atoms with van der Waals surface area (Å²) in [5.41, 5.74) is 3.46. The van der Waals surface area contributed by atoms with E-state index in [1.165, 1.54) is 17.2 Å². The highest BCUT2D eigenvalue weighted by molar-refractivity contribution is 6.30. The molecule has 0 fully saturated rings. The first-order chi connectivity index (χ1) is 7.65. The maximum absolute atomic E-state index is 13.0. The molecule has 2 aromatic carbocycles. The van der Waals surface area contributed by atoms with Gasteiger partial charge >= 0.3 is 0 Å². The fourth-order valence-electron chi connectivity index (χ4n) is 1.59. The predicted molar refractivity (Wildman–Crippen MR) is 65.4 cm³/mol. The Bertz CT molecular complexity index is 489. The molecular formula is C14H12ClF. The standard InChI is InChI=1S/C14H12ClF/c1-10-2-4-11(5-3-10)8-12-6-7-14(16)13(15)9-12/h2-7,9H,8H2,1H3. The van der Waals surface area contributed by atoms with Gasteiger partial charge in [0.15, 0.2) is 0 Å². The van der Waals surface area contributed by atoms with Crippen molar-refractivity contribution in [3.05, 3.63) is 70.0 Å². The van der Waals surface area contributed by atoms with Crippen molar-refractivity contribution in [2.75, 3.05) is 0 Å². The third-order valence-corrected chi connectivity index (χ3v) is 2.80. The van der Waals surface area contributed by atoms with Crippen LogP contribution in [0.2, 0.25) is 5.02 Å². The summed E-state index contributed by atoms with van der Waals surface area (Å²) in [4.78, 5) is 0. The van der Waals surface area contributed by atoms with Crippen LogP contribution in [0.3, 0.4) is 0 Å². The molecular weight excluding hydrogens is 223 g/mol. The molecule has 0 N–H and O–H groups in total. The van der Waals surface area contributed by atoms with Crippen LogP contribution < -0.4 is 0 Å². The lowest BCUT2D eigenvalue weighted by molar-refractivity contribution is 0.627. The number of hydrogen-bond acceptors (Lipinski definition) is 0. The lowest BCUT2D eigenvalue weighted by Crippen LogP contribution is -1.89. The Morgan fingerprint density at radius 1 is 1.00 bits per heavy atom. The van der Waals surface area contributed by atoms with E-state index >= 15 is 0 Å². The minimum absolute atomic E-state index is 0.185. The normalized spacial score (nSPS) is 10.4. The van der Waals surface area contributed by atoms with E-state index in [0.717, 1.165) is 12.0 Å². The van der Waals surface area contributed by atoms with Crippen LogP contribution in [0, 0.1) is 12.7 Å². The van der Waals surface area contributed by atoms with Gasteiger partial charge in [-0.15, -0.1) is 0 Å². The van der Waals surface area contributed by atoms with Crippen molar-refractivity contribution in [1.82, 2.24) is 0 Å². The molecule has 0 saturated carbocycles. The first-order valence-corrected chi connectivity index (χ1v) is 5.52. The molecule has 82 valence electrons. The van der Waals surface area contributed by atoms with Gasteiger partial charge in [-0.05, 0) is 36.6 Å². The highest BCUT2D eigenvalue weighted by Crippen LogP contribution is 2.18. The van der Waals surface area contributed by atoms with Crippen molar-refractivity contribution in [3.63, 3.8) is 0 Å². The van der Waals surface area contributed by atoms with Crippen molar-refractivity contribution < 1.29 is 4.39 Å². The smallest absolute Gasteiger partial charge is 0.141 e. The molecule has 2 heteroatoms. The number of hydrogen-bond donors (Lipinski definition) is 0. The zero-order valence-corrected chi connectivity index (χ0v) is 9.76. The lowest BCUT2D eigenvalue weighted by Gasteiger charge is -2.03. The SMILES string of the molecule is Cc1ccc(Cc2ccc(F)c(Cl)c2)cc1. The van der Waals surface area contributed by atoms with E-state index in [0.29, 0.717) is 0 Å². The van der Waals surface area contributed by atoms with Gasteiger partial charge in [0.05, 0.1) is 5.02 Å². The highest BCUT2D eigenvalue weighted by Gasteiger charge is 2.01. The number of aryl methyl sites for hydroxylation is 1. The summed E-state index contributed by atoms with van der Waals surface area (Å²) < 4.78 is 13.0. The van der Waals surface area contributed by atoms with Gasteiger partial charge in [-0.25, -0.2) is 4.39 Å². The van der Waals surface area contributed by atoms with E-state index < -0.39 is 0 Å². The summed E-state index contributed by atoms with van der Waals surface area (Å²) in [6, 6.07) is 13.1. The second-order valence-corrected chi connectivity index (χ2v) is 4.32. The van der Waals surface area contributed by atoms with Crippen LogP contribution in [0.4, 0.5) is 4.39 Å². The van der Waals surface area contributed by atoms with Crippen molar-refractivity contribution >= 4 is 11.6 Å². The van der Waals surface area contributed by atoms with Gasteiger partial charge < -0.3 is 0 Å². The van der Waals surface area contributed by atoms with Gasteiger partial charge in [-0.2, -0.15) is 0 Å². The number of halogens is 2. The maximum Gasteiger partial charge on any atom is 0.141 e. The van der Waals surface area contributed by atoms with Gasteiger partial charge in [0.1, 0.15) is 5.82 Å². The fourth-order valence-corrected chi connectivity index (χ4v) is 1.79. The van der Waals surface area contributed by atoms with Crippen LogP contribution in [0.5, 0.6) is 0 Å². The Labute approximate surface area is 99.7 Å². The number of rotatable bonds is 2. The summed E-state index contributed by atoms with van der Waals surface area (Å²) >= 11 is 5.73. The topological polar surface area (TPSA) is 0 Å². The first-order valence-electron chi connectivity index (χ1n) is 5.14. The molecule has 0 heterocycles. The molecule has 0 nitrogen and oxygen atoms in total. The van der Waals surface area contributed by atoms with Gasteiger partial charge in [0.25, 0.3) is 0 Å². The summed E-state index contributed by atoms with van der Waals surface area (Å²) in [5, 5.41) is 0.185. The molecule has 2 rings (SSSR count). The van der Waals surface area contributed by atoms with Crippen LogP contribution in [-0.2, 0) is 6.42 Å². The van der Waals surface area contributed by atoms with E-state index in [1.54, 1.807) is 12.1 Å². The van der Waals surface area contributed by atoms with Crippen molar-refractivity contribution in [3.8, 4) is 0 Å². The second-order valence-electron chi connectivity index (χ2n) is 3.91. The average Bonchev–Trinajstić information content (AvgIpc) is 2.27. The molecule has 0 amide bonds. The average molecular weight is 235 g/mol. The van der Waals surface area contributed by atoms with Crippen LogP contribution in [0.15, 0.2) is 42.5 Å². The molecule has 0 bridgehead atoms. The van der Waals surface area contributed by atoms with Crippen molar-refractivity contribution in [1.29, 1.82) is 0 Å². The molecule has 0 atom stereocenters. The Hall–Kier alpha value is -1.34. The summed E-state index contributed by atoms with van der Waals surface area (Å²) in [6.07, 6.45) is 0.778. The quantitative estimate of drug-likeness (QED) is 0.724. The van der Waals surface area contributed by atoms with Gasteiger partial charge in [-0.1, -0.05) is 47.5 Å². The Morgan fingerprint density at radius 2 is 1.62 bits per heavy atom. The van der Waals surface area contributed by atoms with Crippen molar-refractivity contribution in [2.24, 2.45) is 0 Å². The zero-order valence-electron chi connectivity index (χ0n) is 9.00. The largest absolute Gasteiger partial charge is 0.205 e. The molecule has 0 aliphatic carbocycles. The Morgan fingerprint density at radius 3 is 2.25 bits per heavy atom.